The van der Waals surface area contributed by atoms with Crippen molar-refractivity contribution in [1.29, 1.82) is 0 Å². The van der Waals surface area contributed by atoms with Crippen molar-refractivity contribution in [3.8, 4) is 0 Å². The molecule has 0 atom stereocenters. The fourth-order valence-corrected chi connectivity index (χ4v) is 0.901. The summed E-state index contributed by atoms with van der Waals surface area (Å²) in [5, 5.41) is 12.7. The molecule has 68 valence electrons. The van der Waals surface area contributed by atoms with Gasteiger partial charge < -0.3 is 10.6 Å². The van der Waals surface area contributed by atoms with Crippen LogP contribution < -0.4 is 0 Å². The molecule has 7 heteroatoms. The van der Waals surface area contributed by atoms with Crippen LogP contribution in [0.1, 0.15) is 6.92 Å². The molecule has 0 saturated heterocycles. The van der Waals surface area contributed by atoms with E-state index in [2.05, 4.69) is 9.89 Å². The zero-order valence-corrected chi connectivity index (χ0v) is 6.76. The maximum absolute atomic E-state index is 11.1. The molecule has 1 aliphatic heterocycles. The topological polar surface area (TPSA) is 106 Å². The number of carbonyl (C=O) groups excluding carboxylic acids is 1. The van der Waals surface area contributed by atoms with E-state index in [1.807, 2.05) is 0 Å². The highest BCUT2D eigenvalue weighted by Gasteiger charge is 2.37. The zero-order chi connectivity index (χ0) is 10.0. The number of carbonyl (C=O) groups is 2. The molecule has 0 unspecified atom stereocenters. The Labute approximate surface area is 72.9 Å². The second-order valence-electron chi connectivity index (χ2n) is 2.39. The quantitative estimate of drug-likeness (QED) is 0.435. The lowest BCUT2D eigenvalue weighted by Gasteiger charge is -2.04. The summed E-state index contributed by atoms with van der Waals surface area (Å²) in [4.78, 5) is 24.1. The van der Waals surface area contributed by atoms with Gasteiger partial charge in [0.05, 0.1) is 0 Å². The third-order valence-electron chi connectivity index (χ3n) is 1.44. The fraction of sp³-hybridized carbons (Fsp3) is 0.333. The average Bonchev–Trinajstić information content (AvgIpc) is 2.26. The van der Waals surface area contributed by atoms with Gasteiger partial charge in [-0.25, -0.2) is 5.01 Å². The molecule has 0 bridgehead atoms. The van der Waals surface area contributed by atoms with Crippen LogP contribution in [0.2, 0.25) is 0 Å². The van der Waals surface area contributed by atoms with Crippen LogP contribution in [0.3, 0.4) is 0 Å². The number of hydrazone groups is 1. The van der Waals surface area contributed by atoms with E-state index in [-0.39, 0.29) is 11.4 Å². The Hall–Kier alpha value is -2.01. The molecule has 13 heavy (non-hydrogen) atoms. The average molecular weight is 182 g/mol. The highest BCUT2D eigenvalue weighted by atomic mass is 16.4. The summed E-state index contributed by atoms with van der Waals surface area (Å²) in [6.07, 6.45) is 0. The Morgan fingerprint density at radius 1 is 1.77 bits per heavy atom. The predicted octanol–water partition coefficient (Wildman–Crippen LogP) is -1.04. The van der Waals surface area contributed by atoms with E-state index < -0.39 is 18.4 Å². The molecule has 0 spiro atoms. The predicted molar refractivity (Wildman–Crippen MR) is 41.1 cm³/mol. The first-order valence-corrected chi connectivity index (χ1v) is 3.37. The lowest BCUT2D eigenvalue weighted by molar-refractivity contribution is -0.142. The highest BCUT2D eigenvalue weighted by Crippen LogP contribution is 2.03. The Balaban J connectivity index is 2.90. The second-order valence-corrected chi connectivity index (χ2v) is 2.39. The van der Waals surface area contributed by atoms with Crippen LogP contribution in [0, 0.1) is 0 Å². The van der Waals surface area contributed by atoms with Gasteiger partial charge in [0.15, 0.2) is 5.71 Å². The van der Waals surface area contributed by atoms with E-state index in [1.165, 1.54) is 6.92 Å². The molecule has 0 aliphatic carbocycles. The van der Waals surface area contributed by atoms with Gasteiger partial charge in [0.2, 0.25) is 0 Å². The van der Waals surface area contributed by atoms with Crippen molar-refractivity contribution in [2.24, 2.45) is 5.10 Å². The van der Waals surface area contributed by atoms with Gasteiger partial charge >= 0.3 is 17.6 Å². The summed E-state index contributed by atoms with van der Waals surface area (Å²) in [6.45, 7) is 0.921. The smallest absolute Gasteiger partial charge is 0.403 e. The van der Waals surface area contributed by atoms with Crippen LogP contribution in [0.15, 0.2) is 5.10 Å². The zero-order valence-electron chi connectivity index (χ0n) is 6.76. The molecule has 7 nitrogen and oxygen atoms in total. The molecule has 1 aliphatic rings. The summed E-state index contributed by atoms with van der Waals surface area (Å²) in [6, 6.07) is 0. The molecule has 1 heterocycles. The number of amides is 1. The third kappa shape index (κ3) is 1.60. The van der Waals surface area contributed by atoms with Crippen molar-refractivity contribution in [2.75, 3.05) is 6.54 Å². The van der Waals surface area contributed by atoms with Crippen LogP contribution in [-0.2, 0) is 9.59 Å². The molecule has 0 saturated carbocycles. The molecular weight excluding hydrogens is 176 g/mol. The normalized spacial score (nSPS) is 15.8. The van der Waals surface area contributed by atoms with Crippen LogP contribution in [0.5, 0.6) is 0 Å². The number of aliphatic carboxylic acids is 1. The minimum Gasteiger partial charge on any atom is -0.480 e. The van der Waals surface area contributed by atoms with Gasteiger partial charge in [-0.1, -0.05) is 0 Å². The van der Waals surface area contributed by atoms with Gasteiger partial charge in [0, 0.05) is 0 Å². The Morgan fingerprint density at radius 2 is 2.38 bits per heavy atom. The SMILES string of the molecule is CC1=NN(CC(=O)O)C(=O)C1=[N+]=[N-]. The van der Waals surface area contributed by atoms with Crippen molar-refractivity contribution >= 4 is 23.3 Å². The number of carboxylic acids is 1. The first-order valence-electron chi connectivity index (χ1n) is 3.37. The van der Waals surface area contributed by atoms with E-state index >= 15 is 0 Å². The van der Waals surface area contributed by atoms with E-state index in [4.69, 9.17) is 10.6 Å². The molecule has 0 fully saturated rings. The third-order valence-corrected chi connectivity index (χ3v) is 1.44. The molecule has 0 radical (unpaired) electrons. The summed E-state index contributed by atoms with van der Waals surface area (Å²) in [5.74, 6) is -1.88. The number of carboxylic acid groups (broad SMARTS) is 1. The Morgan fingerprint density at radius 3 is 2.77 bits per heavy atom. The number of rotatable bonds is 2. The monoisotopic (exact) mass is 182 g/mol. The molecule has 1 N–H and O–H groups in total. The van der Waals surface area contributed by atoms with Gasteiger partial charge in [-0.2, -0.15) is 9.89 Å². The van der Waals surface area contributed by atoms with Crippen molar-refractivity contribution in [3.05, 3.63) is 5.53 Å². The minimum atomic E-state index is -1.18. The van der Waals surface area contributed by atoms with Gasteiger partial charge in [-0.3, -0.25) is 9.59 Å². The molecule has 0 aromatic heterocycles. The maximum atomic E-state index is 11.1. The Kier molecular flexibility index (Phi) is 2.21. The molecule has 1 rings (SSSR count). The molecule has 1 amide bonds. The standard InChI is InChI=1S/C6H6N4O3/c1-3-5(8-7)6(13)10(9-3)2-4(11)12/h2H2,1H3,(H,11,12). The van der Waals surface area contributed by atoms with Crippen LogP contribution >= 0.6 is 0 Å². The van der Waals surface area contributed by atoms with E-state index in [0.717, 1.165) is 5.01 Å². The van der Waals surface area contributed by atoms with Crippen molar-refractivity contribution in [1.82, 2.24) is 5.01 Å². The summed E-state index contributed by atoms with van der Waals surface area (Å²) < 4.78 is 0. The first kappa shape index (κ1) is 9.08. The highest BCUT2D eigenvalue weighted by molar-refractivity contribution is 6.66. The van der Waals surface area contributed by atoms with Gasteiger partial charge in [0.1, 0.15) is 6.54 Å². The largest absolute Gasteiger partial charge is 0.480 e. The molecule has 0 aromatic carbocycles. The van der Waals surface area contributed by atoms with Crippen LogP contribution in [0.25, 0.3) is 5.53 Å². The molecule has 0 aromatic rings. The fourth-order valence-electron chi connectivity index (χ4n) is 0.901. The second kappa shape index (κ2) is 3.16. The summed E-state index contributed by atoms with van der Waals surface area (Å²) in [7, 11) is 0. The van der Waals surface area contributed by atoms with Crippen molar-refractivity contribution < 1.29 is 19.5 Å². The molecular formula is C6H6N4O3. The first-order chi connectivity index (χ1) is 6.06. The Bertz CT molecular complexity index is 353. The summed E-state index contributed by atoms with van der Waals surface area (Å²) >= 11 is 0. The lowest BCUT2D eigenvalue weighted by atomic mass is 10.2. The van der Waals surface area contributed by atoms with Crippen molar-refractivity contribution in [3.63, 3.8) is 0 Å². The van der Waals surface area contributed by atoms with E-state index in [0.29, 0.717) is 0 Å². The maximum Gasteiger partial charge on any atom is 0.403 e. The van der Waals surface area contributed by atoms with E-state index in [9.17, 15) is 9.59 Å². The lowest BCUT2D eigenvalue weighted by Crippen LogP contribution is -2.32. The summed E-state index contributed by atoms with van der Waals surface area (Å²) in [5.41, 5.74) is 8.35. The van der Waals surface area contributed by atoms with Gasteiger partial charge in [-0.15, -0.1) is 0 Å². The van der Waals surface area contributed by atoms with Gasteiger partial charge in [0.25, 0.3) is 0 Å². The number of hydrogen-bond acceptors (Lipinski definition) is 3. The number of nitrogens with zero attached hydrogens (tertiary/aromatic N) is 4. The van der Waals surface area contributed by atoms with Crippen molar-refractivity contribution in [2.45, 2.75) is 6.92 Å². The minimum absolute atomic E-state index is 0.203. The van der Waals surface area contributed by atoms with Crippen LogP contribution in [0.4, 0.5) is 0 Å². The van der Waals surface area contributed by atoms with E-state index in [1.54, 1.807) is 0 Å². The number of hydrogen-bond donors (Lipinski definition) is 1. The van der Waals surface area contributed by atoms with Crippen LogP contribution in [-0.4, -0.2) is 44.7 Å². The van der Waals surface area contributed by atoms with Gasteiger partial charge in [-0.05, 0) is 6.92 Å².